The van der Waals surface area contributed by atoms with Crippen molar-refractivity contribution in [1.82, 2.24) is 19.6 Å². The number of halogens is 1. The fourth-order valence-electron chi connectivity index (χ4n) is 3.45. The van der Waals surface area contributed by atoms with Crippen molar-refractivity contribution in [2.75, 3.05) is 10.6 Å². The van der Waals surface area contributed by atoms with E-state index in [-0.39, 0.29) is 24.1 Å². The molecule has 0 aliphatic heterocycles. The van der Waals surface area contributed by atoms with Crippen molar-refractivity contribution in [3.8, 4) is 5.75 Å². The lowest BCUT2D eigenvalue weighted by atomic mass is 10.1. The highest BCUT2D eigenvalue weighted by Gasteiger charge is 2.21. The molecule has 2 aromatic carbocycles. The van der Waals surface area contributed by atoms with E-state index in [1.54, 1.807) is 60.4 Å². The molecule has 0 spiro atoms. The first-order valence-electron chi connectivity index (χ1n) is 11.0. The van der Waals surface area contributed by atoms with E-state index in [1.165, 1.54) is 10.9 Å². The van der Waals surface area contributed by atoms with E-state index in [4.69, 9.17) is 16.3 Å². The Morgan fingerprint density at radius 3 is 2.40 bits per heavy atom. The Hall–Kier alpha value is -4.11. The average Bonchev–Trinajstić information content (AvgIpc) is 3.41. The smallest absolute Gasteiger partial charge is 0.276 e. The Labute approximate surface area is 207 Å². The molecule has 2 aromatic heterocycles. The molecule has 35 heavy (non-hydrogen) atoms. The third kappa shape index (κ3) is 5.52. The molecular weight excluding hydrogens is 468 g/mol. The lowest BCUT2D eigenvalue weighted by molar-refractivity contribution is 0.101. The van der Waals surface area contributed by atoms with Gasteiger partial charge in [0.25, 0.3) is 11.8 Å². The van der Waals surface area contributed by atoms with Crippen LogP contribution in [0, 0.1) is 6.92 Å². The maximum absolute atomic E-state index is 13.1. The van der Waals surface area contributed by atoms with E-state index in [0.29, 0.717) is 34.3 Å². The highest BCUT2D eigenvalue weighted by molar-refractivity contribution is 6.30. The molecular formula is C25H25ClN6O3. The molecule has 2 N–H and O–H groups in total. The van der Waals surface area contributed by atoms with Gasteiger partial charge in [-0.15, -0.1) is 0 Å². The van der Waals surface area contributed by atoms with Crippen LogP contribution in [0.1, 0.15) is 39.0 Å². The van der Waals surface area contributed by atoms with Crippen LogP contribution in [-0.2, 0) is 20.2 Å². The molecule has 0 atom stereocenters. The van der Waals surface area contributed by atoms with Crippen LogP contribution in [0.15, 0.2) is 60.9 Å². The molecule has 9 nitrogen and oxygen atoms in total. The van der Waals surface area contributed by atoms with Gasteiger partial charge in [0.05, 0.1) is 29.5 Å². The Bertz CT molecular complexity index is 1360. The summed E-state index contributed by atoms with van der Waals surface area (Å²) in [5.41, 5.74) is 3.23. The molecule has 4 aromatic rings. The fourth-order valence-corrected chi connectivity index (χ4v) is 3.58. The minimum absolute atomic E-state index is 0.256. The predicted molar refractivity (Wildman–Crippen MR) is 134 cm³/mol. The largest absolute Gasteiger partial charge is 0.489 e. The first-order chi connectivity index (χ1) is 16.9. The number of ether oxygens (including phenoxy) is 1. The molecule has 4 rings (SSSR count). The third-order valence-corrected chi connectivity index (χ3v) is 5.75. The summed E-state index contributed by atoms with van der Waals surface area (Å²) < 4.78 is 8.97. The van der Waals surface area contributed by atoms with Gasteiger partial charge in [-0.3, -0.25) is 19.0 Å². The molecule has 0 bridgehead atoms. The molecule has 0 unspecified atom stereocenters. The van der Waals surface area contributed by atoms with Crippen molar-refractivity contribution in [2.45, 2.75) is 27.0 Å². The second kappa shape index (κ2) is 10.4. The predicted octanol–water partition coefficient (Wildman–Crippen LogP) is 4.68. The number of hydrogen-bond donors (Lipinski definition) is 2. The molecule has 0 saturated carbocycles. The van der Waals surface area contributed by atoms with Gasteiger partial charge in [-0.05, 0) is 55.8 Å². The van der Waals surface area contributed by atoms with E-state index in [1.807, 2.05) is 19.9 Å². The summed E-state index contributed by atoms with van der Waals surface area (Å²) in [5.74, 6) is -0.0720. The van der Waals surface area contributed by atoms with E-state index >= 15 is 0 Å². The third-order valence-electron chi connectivity index (χ3n) is 5.49. The number of nitrogens with zero attached hydrogens (tertiary/aromatic N) is 4. The fraction of sp³-hybridized carbons (Fsp3) is 0.200. The van der Waals surface area contributed by atoms with Gasteiger partial charge in [0.15, 0.2) is 0 Å². The normalized spacial score (nSPS) is 10.7. The molecule has 2 amide bonds. The number of rotatable bonds is 8. The van der Waals surface area contributed by atoms with Crippen LogP contribution in [0.25, 0.3) is 0 Å². The Kier molecular flexibility index (Phi) is 7.17. The van der Waals surface area contributed by atoms with Crippen LogP contribution in [-0.4, -0.2) is 31.4 Å². The standard InChI is InChI=1S/C25H25ClN6O3/c1-4-32-23(25(34)29-21-13-27-31(3)16(21)2)22(14-28-32)30-24(33)18-7-5-6-17(12-18)15-35-20-10-8-19(26)9-11-20/h5-14H,4,15H2,1-3H3,(H,29,34)(H,30,33). The number of nitrogens with one attached hydrogen (secondary N) is 2. The average molecular weight is 493 g/mol. The minimum atomic E-state index is -0.388. The van der Waals surface area contributed by atoms with Crippen LogP contribution in [0.5, 0.6) is 5.75 Å². The van der Waals surface area contributed by atoms with E-state index in [9.17, 15) is 9.59 Å². The molecule has 10 heteroatoms. The lowest BCUT2D eigenvalue weighted by Gasteiger charge is -2.11. The summed E-state index contributed by atoms with van der Waals surface area (Å²) in [4.78, 5) is 26.1. The second-order valence-corrected chi connectivity index (χ2v) is 8.28. The van der Waals surface area contributed by atoms with Crippen LogP contribution in [0.2, 0.25) is 5.02 Å². The summed E-state index contributed by atoms with van der Waals surface area (Å²) in [5, 5.41) is 14.7. The van der Waals surface area contributed by atoms with Gasteiger partial charge >= 0.3 is 0 Å². The number of carbonyl (C=O) groups excluding carboxylic acids is 2. The van der Waals surface area contributed by atoms with Crippen LogP contribution in [0.4, 0.5) is 11.4 Å². The van der Waals surface area contributed by atoms with Crippen molar-refractivity contribution in [3.63, 3.8) is 0 Å². The van der Waals surface area contributed by atoms with Crippen LogP contribution >= 0.6 is 11.6 Å². The van der Waals surface area contributed by atoms with Crippen molar-refractivity contribution in [1.29, 1.82) is 0 Å². The molecule has 0 fully saturated rings. The van der Waals surface area contributed by atoms with Gasteiger partial charge in [0.1, 0.15) is 18.1 Å². The number of benzene rings is 2. The molecule has 0 saturated heterocycles. The molecule has 180 valence electrons. The first-order valence-corrected chi connectivity index (χ1v) is 11.4. The minimum Gasteiger partial charge on any atom is -0.489 e. The van der Waals surface area contributed by atoms with Crippen molar-refractivity contribution in [2.24, 2.45) is 7.05 Å². The van der Waals surface area contributed by atoms with E-state index in [0.717, 1.165) is 11.3 Å². The maximum Gasteiger partial charge on any atom is 0.276 e. The lowest BCUT2D eigenvalue weighted by Crippen LogP contribution is -2.21. The highest BCUT2D eigenvalue weighted by Crippen LogP contribution is 2.21. The number of aromatic nitrogens is 4. The summed E-state index contributed by atoms with van der Waals surface area (Å²) in [6.45, 7) is 4.47. The number of aryl methyl sites for hydroxylation is 2. The number of hydrogen-bond acceptors (Lipinski definition) is 5. The molecule has 0 aliphatic rings. The van der Waals surface area contributed by atoms with E-state index in [2.05, 4.69) is 20.8 Å². The Balaban J connectivity index is 1.48. The van der Waals surface area contributed by atoms with Gasteiger partial charge in [0.2, 0.25) is 0 Å². The van der Waals surface area contributed by atoms with Crippen molar-refractivity contribution >= 4 is 34.8 Å². The zero-order valence-corrected chi connectivity index (χ0v) is 20.3. The van der Waals surface area contributed by atoms with Gasteiger partial charge in [0, 0.05) is 24.2 Å². The first kappa shape index (κ1) is 24.0. The number of carbonyl (C=O) groups is 2. The SMILES string of the molecule is CCn1ncc(NC(=O)c2cccc(COc3ccc(Cl)cc3)c2)c1C(=O)Nc1cnn(C)c1C. The molecule has 2 heterocycles. The Morgan fingerprint density at radius 2 is 1.71 bits per heavy atom. The van der Waals surface area contributed by atoms with Gasteiger partial charge in [-0.25, -0.2) is 0 Å². The van der Waals surface area contributed by atoms with E-state index < -0.39 is 0 Å². The van der Waals surface area contributed by atoms with Gasteiger partial charge in [-0.1, -0.05) is 23.7 Å². The molecule has 0 radical (unpaired) electrons. The van der Waals surface area contributed by atoms with Crippen molar-refractivity contribution < 1.29 is 14.3 Å². The highest BCUT2D eigenvalue weighted by atomic mass is 35.5. The summed E-state index contributed by atoms with van der Waals surface area (Å²) in [7, 11) is 1.79. The Morgan fingerprint density at radius 1 is 1.00 bits per heavy atom. The summed E-state index contributed by atoms with van der Waals surface area (Å²) in [6, 6.07) is 14.2. The van der Waals surface area contributed by atoms with Crippen LogP contribution in [0.3, 0.4) is 0 Å². The quantitative estimate of drug-likeness (QED) is 0.371. The van der Waals surface area contributed by atoms with Crippen LogP contribution < -0.4 is 15.4 Å². The molecule has 0 aliphatic carbocycles. The van der Waals surface area contributed by atoms with Gasteiger partial charge < -0.3 is 15.4 Å². The summed E-state index contributed by atoms with van der Waals surface area (Å²) in [6.07, 6.45) is 3.05. The van der Waals surface area contributed by atoms with Gasteiger partial charge in [-0.2, -0.15) is 10.2 Å². The zero-order valence-electron chi connectivity index (χ0n) is 19.6. The maximum atomic E-state index is 13.1. The zero-order chi connectivity index (χ0) is 24.9. The second-order valence-electron chi connectivity index (χ2n) is 7.84. The van der Waals surface area contributed by atoms with Crippen molar-refractivity contribution in [3.05, 3.63) is 88.5 Å². The number of amides is 2. The summed E-state index contributed by atoms with van der Waals surface area (Å²) >= 11 is 5.91. The monoisotopic (exact) mass is 492 g/mol. The number of anilines is 2. The topological polar surface area (TPSA) is 103 Å².